The van der Waals surface area contributed by atoms with Gasteiger partial charge in [-0.05, 0) is 52.7 Å². The molecule has 0 saturated heterocycles. The molecule has 1 heterocycles. The molecule has 0 bridgehead atoms. The third-order valence-corrected chi connectivity index (χ3v) is 5.42. The summed E-state index contributed by atoms with van der Waals surface area (Å²) < 4.78 is 0. The van der Waals surface area contributed by atoms with E-state index in [2.05, 4.69) is 36.3 Å². The van der Waals surface area contributed by atoms with Crippen LogP contribution in [0.15, 0.2) is 0 Å². The summed E-state index contributed by atoms with van der Waals surface area (Å²) in [6.45, 7) is 3.26. The highest BCUT2D eigenvalue weighted by atomic mass is 32.1. The van der Waals surface area contributed by atoms with E-state index in [1.807, 2.05) is 11.3 Å². The van der Waals surface area contributed by atoms with Crippen molar-refractivity contribution in [1.29, 1.82) is 0 Å². The average molecular weight is 308 g/mol. The minimum Gasteiger partial charge on any atom is -0.351 e. The number of rotatable bonds is 9. The van der Waals surface area contributed by atoms with Crippen LogP contribution < -0.4 is 10.2 Å². The standard InChI is InChI=1S/C16H28N4S/c1-19(2)9-4-10-20(3)16-18-15(12-5-6-12)14(21-16)11-17-13-7-8-13/h12-13,17H,4-11H2,1-3H3. The van der Waals surface area contributed by atoms with Crippen LogP contribution in [-0.2, 0) is 6.54 Å². The van der Waals surface area contributed by atoms with Gasteiger partial charge in [-0.3, -0.25) is 0 Å². The molecule has 1 N–H and O–H groups in total. The van der Waals surface area contributed by atoms with Crippen LogP contribution in [0.2, 0.25) is 0 Å². The van der Waals surface area contributed by atoms with Crippen molar-refractivity contribution in [3.8, 4) is 0 Å². The van der Waals surface area contributed by atoms with Gasteiger partial charge in [-0.25, -0.2) is 4.98 Å². The molecular formula is C16H28N4S. The second-order valence-electron chi connectivity index (χ2n) is 6.81. The molecule has 5 heteroatoms. The summed E-state index contributed by atoms with van der Waals surface area (Å²) in [5, 5.41) is 4.86. The van der Waals surface area contributed by atoms with Gasteiger partial charge in [-0.2, -0.15) is 0 Å². The number of hydrogen-bond acceptors (Lipinski definition) is 5. The van der Waals surface area contributed by atoms with E-state index >= 15 is 0 Å². The molecule has 3 rings (SSSR count). The molecule has 4 nitrogen and oxygen atoms in total. The fourth-order valence-electron chi connectivity index (χ4n) is 2.56. The van der Waals surface area contributed by atoms with E-state index in [4.69, 9.17) is 4.98 Å². The van der Waals surface area contributed by atoms with E-state index in [1.54, 1.807) is 0 Å². The first-order chi connectivity index (χ1) is 10.1. The summed E-state index contributed by atoms with van der Waals surface area (Å²) in [5.74, 6) is 0.751. The van der Waals surface area contributed by atoms with Crippen molar-refractivity contribution in [3.05, 3.63) is 10.6 Å². The molecule has 118 valence electrons. The molecule has 0 amide bonds. The molecule has 2 saturated carbocycles. The molecule has 0 unspecified atom stereocenters. The average Bonchev–Trinajstić information content (AvgIpc) is 3.35. The first-order valence-corrected chi connectivity index (χ1v) is 9.04. The number of nitrogens with zero attached hydrogens (tertiary/aromatic N) is 3. The minimum absolute atomic E-state index is 0.751. The van der Waals surface area contributed by atoms with E-state index in [0.717, 1.165) is 31.6 Å². The van der Waals surface area contributed by atoms with E-state index in [1.165, 1.54) is 47.8 Å². The monoisotopic (exact) mass is 308 g/mol. The Morgan fingerprint density at radius 2 is 1.90 bits per heavy atom. The number of hydrogen-bond donors (Lipinski definition) is 1. The largest absolute Gasteiger partial charge is 0.351 e. The highest BCUT2D eigenvalue weighted by Gasteiger charge is 2.31. The van der Waals surface area contributed by atoms with E-state index in [-0.39, 0.29) is 0 Å². The van der Waals surface area contributed by atoms with Crippen LogP contribution in [-0.4, -0.2) is 50.2 Å². The first-order valence-electron chi connectivity index (χ1n) is 8.22. The number of thiazole rings is 1. The summed E-state index contributed by atoms with van der Waals surface area (Å²) in [7, 11) is 6.45. The summed E-state index contributed by atoms with van der Waals surface area (Å²) >= 11 is 1.90. The molecule has 0 spiro atoms. The zero-order valence-corrected chi connectivity index (χ0v) is 14.4. The molecule has 2 fully saturated rings. The highest BCUT2D eigenvalue weighted by Crippen LogP contribution is 2.44. The van der Waals surface area contributed by atoms with Crippen molar-refractivity contribution in [2.45, 2.75) is 50.6 Å². The summed E-state index contributed by atoms with van der Waals surface area (Å²) in [5.41, 5.74) is 1.39. The van der Waals surface area contributed by atoms with Gasteiger partial charge in [0.15, 0.2) is 5.13 Å². The Balaban J connectivity index is 1.59. The van der Waals surface area contributed by atoms with Gasteiger partial charge in [-0.15, -0.1) is 11.3 Å². The fraction of sp³-hybridized carbons (Fsp3) is 0.812. The third-order valence-electron chi connectivity index (χ3n) is 4.23. The summed E-state index contributed by atoms with van der Waals surface area (Å²) in [6.07, 6.45) is 6.58. The maximum atomic E-state index is 4.96. The predicted octanol–water partition coefficient (Wildman–Crippen LogP) is 2.66. The Morgan fingerprint density at radius 3 is 2.52 bits per heavy atom. The van der Waals surface area contributed by atoms with Crippen molar-refractivity contribution >= 4 is 16.5 Å². The Morgan fingerprint density at radius 1 is 1.14 bits per heavy atom. The normalized spacial score (nSPS) is 18.5. The molecule has 1 aromatic rings. The molecule has 2 aliphatic carbocycles. The van der Waals surface area contributed by atoms with Crippen molar-refractivity contribution in [1.82, 2.24) is 15.2 Å². The summed E-state index contributed by atoms with van der Waals surface area (Å²) in [4.78, 5) is 11.0. The van der Waals surface area contributed by atoms with Crippen LogP contribution in [0.4, 0.5) is 5.13 Å². The molecular weight excluding hydrogens is 280 g/mol. The molecule has 0 atom stereocenters. The number of anilines is 1. The molecule has 1 aromatic heterocycles. The van der Waals surface area contributed by atoms with Crippen LogP contribution in [0.1, 0.15) is 48.6 Å². The van der Waals surface area contributed by atoms with E-state index in [0.29, 0.717) is 0 Å². The van der Waals surface area contributed by atoms with Gasteiger partial charge in [0.25, 0.3) is 0 Å². The maximum Gasteiger partial charge on any atom is 0.185 e. The Kier molecular flexibility index (Phi) is 4.82. The smallest absolute Gasteiger partial charge is 0.185 e. The lowest BCUT2D eigenvalue weighted by molar-refractivity contribution is 0.401. The van der Waals surface area contributed by atoms with E-state index in [9.17, 15) is 0 Å². The fourth-order valence-corrected chi connectivity index (χ4v) is 3.64. The predicted molar refractivity (Wildman–Crippen MR) is 90.4 cm³/mol. The number of nitrogens with one attached hydrogen (secondary N) is 1. The van der Waals surface area contributed by atoms with Crippen molar-refractivity contribution in [2.75, 3.05) is 39.1 Å². The number of aromatic nitrogens is 1. The van der Waals surface area contributed by atoms with Gasteiger partial charge in [0.2, 0.25) is 0 Å². The molecule has 0 aliphatic heterocycles. The van der Waals surface area contributed by atoms with Gasteiger partial charge in [0.1, 0.15) is 0 Å². The topological polar surface area (TPSA) is 31.4 Å². The van der Waals surface area contributed by atoms with Crippen LogP contribution >= 0.6 is 11.3 Å². The maximum absolute atomic E-state index is 4.96. The lowest BCUT2D eigenvalue weighted by atomic mass is 10.2. The van der Waals surface area contributed by atoms with Gasteiger partial charge in [0, 0.05) is 37.0 Å². The lowest BCUT2D eigenvalue weighted by Crippen LogP contribution is -2.23. The Hall–Kier alpha value is -0.650. The molecule has 0 aromatic carbocycles. The third kappa shape index (κ3) is 4.41. The van der Waals surface area contributed by atoms with Crippen LogP contribution in [0, 0.1) is 0 Å². The van der Waals surface area contributed by atoms with Crippen LogP contribution in [0.3, 0.4) is 0 Å². The zero-order chi connectivity index (χ0) is 14.8. The first kappa shape index (κ1) is 15.3. The van der Waals surface area contributed by atoms with E-state index < -0.39 is 0 Å². The highest BCUT2D eigenvalue weighted by molar-refractivity contribution is 7.15. The Labute approximate surface area is 132 Å². The minimum atomic E-state index is 0.751. The zero-order valence-electron chi connectivity index (χ0n) is 13.6. The summed E-state index contributed by atoms with van der Waals surface area (Å²) in [6, 6.07) is 0.778. The van der Waals surface area contributed by atoms with Gasteiger partial charge < -0.3 is 15.1 Å². The van der Waals surface area contributed by atoms with Crippen molar-refractivity contribution in [2.24, 2.45) is 0 Å². The van der Waals surface area contributed by atoms with Gasteiger partial charge in [-0.1, -0.05) is 0 Å². The SMILES string of the molecule is CN(C)CCCN(C)c1nc(C2CC2)c(CNC2CC2)s1. The molecule has 2 aliphatic rings. The quantitative estimate of drug-likeness (QED) is 0.760. The van der Waals surface area contributed by atoms with Crippen molar-refractivity contribution < 1.29 is 0 Å². The molecule has 21 heavy (non-hydrogen) atoms. The van der Waals surface area contributed by atoms with Crippen LogP contribution in [0.25, 0.3) is 0 Å². The van der Waals surface area contributed by atoms with Gasteiger partial charge >= 0.3 is 0 Å². The van der Waals surface area contributed by atoms with Gasteiger partial charge in [0.05, 0.1) is 5.69 Å². The van der Waals surface area contributed by atoms with Crippen LogP contribution in [0.5, 0.6) is 0 Å². The lowest BCUT2D eigenvalue weighted by Gasteiger charge is -2.17. The van der Waals surface area contributed by atoms with Crippen molar-refractivity contribution in [3.63, 3.8) is 0 Å². The second-order valence-corrected chi connectivity index (χ2v) is 7.87. The second kappa shape index (κ2) is 6.63. The molecule has 0 radical (unpaired) electrons. The Bertz CT molecular complexity index is 463.